The number of nitrogens with zero attached hydrogens (tertiary/aromatic N) is 3. The number of halogens is 7. The number of anilines is 1. The van der Waals surface area contributed by atoms with Gasteiger partial charge in [0.25, 0.3) is 5.91 Å². The van der Waals surface area contributed by atoms with E-state index in [9.17, 15) is 40.3 Å². The lowest BCUT2D eigenvalue weighted by atomic mass is 10.0. The summed E-state index contributed by atoms with van der Waals surface area (Å²) in [5, 5.41) is 6.27. The van der Waals surface area contributed by atoms with Crippen LogP contribution in [0.4, 0.5) is 36.4 Å². The Bertz CT molecular complexity index is 1320. The van der Waals surface area contributed by atoms with Gasteiger partial charge in [-0.15, -0.1) is 0 Å². The fourth-order valence-corrected chi connectivity index (χ4v) is 3.80. The maximum atomic E-state index is 13.4. The number of amides is 2. The van der Waals surface area contributed by atoms with Crippen molar-refractivity contribution in [2.24, 2.45) is 5.73 Å². The molecule has 14 heteroatoms. The number of benzene rings is 2. The fraction of sp³-hybridized carbons (Fsp3) is 0.292. The maximum absolute atomic E-state index is 13.4. The molecule has 0 radical (unpaired) electrons. The van der Waals surface area contributed by atoms with Crippen LogP contribution in [0.1, 0.15) is 32.7 Å². The van der Waals surface area contributed by atoms with Crippen LogP contribution < -0.4 is 11.1 Å². The average Bonchev–Trinajstić information content (AvgIpc) is 3.19. The molecule has 204 valence electrons. The minimum atomic E-state index is -4.92. The lowest BCUT2D eigenvalue weighted by molar-refractivity contribution is -0.143. The maximum Gasteiger partial charge on any atom is 0.416 e. The molecule has 0 fully saturated rings. The van der Waals surface area contributed by atoms with Crippen LogP contribution in [0.2, 0.25) is 0 Å². The Kier molecular flexibility index (Phi) is 8.15. The molecule has 0 saturated carbocycles. The number of hydrogen-bond donors (Lipinski definition) is 2. The van der Waals surface area contributed by atoms with Crippen molar-refractivity contribution in [3.05, 3.63) is 70.2 Å². The van der Waals surface area contributed by atoms with Crippen LogP contribution >= 0.6 is 0 Å². The summed E-state index contributed by atoms with van der Waals surface area (Å²) in [7, 11) is 1.99. The average molecular weight is 545 g/mol. The fourth-order valence-electron chi connectivity index (χ4n) is 3.80. The summed E-state index contributed by atoms with van der Waals surface area (Å²) in [5.74, 6) is -0.772. The van der Waals surface area contributed by atoms with Gasteiger partial charge in [0.2, 0.25) is 6.41 Å². The zero-order valence-corrected chi connectivity index (χ0v) is 20.0. The number of carbonyl (C=O) groups is 2. The van der Waals surface area contributed by atoms with Crippen LogP contribution in [0.5, 0.6) is 0 Å². The Balaban J connectivity index is 0.000000216. The van der Waals surface area contributed by atoms with Gasteiger partial charge >= 0.3 is 12.4 Å². The summed E-state index contributed by atoms with van der Waals surface area (Å²) in [6, 6.07) is 5.54. The second kappa shape index (κ2) is 10.8. The first-order valence-electron chi connectivity index (χ1n) is 11.0. The van der Waals surface area contributed by atoms with E-state index in [0.717, 1.165) is 12.2 Å². The molecule has 4 rings (SSSR count). The normalized spacial score (nSPS) is 13.8. The summed E-state index contributed by atoms with van der Waals surface area (Å²) in [6.07, 6.45) is -9.84. The highest BCUT2D eigenvalue weighted by atomic mass is 19.4. The number of rotatable bonds is 4. The van der Waals surface area contributed by atoms with Gasteiger partial charge < -0.3 is 11.1 Å². The van der Waals surface area contributed by atoms with E-state index in [0.29, 0.717) is 47.6 Å². The third-order valence-corrected chi connectivity index (χ3v) is 5.66. The summed E-state index contributed by atoms with van der Waals surface area (Å²) in [6.45, 7) is 3.90. The molecular weight excluding hydrogens is 523 g/mol. The standard InChI is InChI=1S/C15H17FN4O.C9H5F6NO/c1-9-7-10(3-4-11(9)16)14-13(15(17)21)12-8-19(2)5-6-20(12)18-14;10-8(11,12)5-1-6(9(13,14)15)3-7(2-5)16-4-17/h3-4,7H,5-6,8H2,1-2H3,(H2,17,21);1-4H,(H,16,17). The van der Waals surface area contributed by atoms with Gasteiger partial charge in [-0.2, -0.15) is 31.4 Å². The predicted molar refractivity (Wildman–Crippen MR) is 123 cm³/mol. The SMILES string of the molecule is Cc1cc(-c2nn3c(c2C(N)=O)CN(C)CC3)ccc1F.O=CNc1cc(C(F)(F)F)cc(C(F)(F)F)c1. The molecule has 0 bridgehead atoms. The van der Waals surface area contributed by atoms with Crippen molar-refractivity contribution in [1.29, 1.82) is 0 Å². The number of nitrogens with one attached hydrogen (secondary N) is 1. The molecule has 38 heavy (non-hydrogen) atoms. The van der Waals surface area contributed by atoms with E-state index < -0.39 is 35.1 Å². The minimum Gasteiger partial charge on any atom is -0.365 e. The Hall–Kier alpha value is -3.94. The number of primary amides is 1. The molecule has 2 aromatic carbocycles. The molecular formula is C24H22F7N5O2. The van der Waals surface area contributed by atoms with E-state index in [-0.39, 0.29) is 18.3 Å². The first-order chi connectivity index (χ1) is 17.6. The molecule has 0 saturated heterocycles. The Morgan fingerprint density at radius 2 is 1.63 bits per heavy atom. The van der Waals surface area contributed by atoms with Gasteiger partial charge in [-0.3, -0.25) is 19.2 Å². The van der Waals surface area contributed by atoms with Gasteiger partial charge in [-0.05, 0) is 55.9 Å². The number of nitrogens with two attached hydrogens (primary N) is 1. The lowest BCUT2D eigenvalue weighted by Crippen LogP contribution is -2.32. The second-order valence-corrected chi connectivity index (χ2v) is 8.52. The first kappa shape index (κ1) is 28.6. The van der Waals surface area contributed by atoms with Crippen molar-refractivity contribution in [2.75, 3.05) is 18.9 Å². The van der Waals surface area contributed by atoms with Gasteiger partial charge in [-0.25, -0.2) is 4.39 Å². The molecule has 0 atom stereocenters. The molecule has 7 nitrogen and oxygen atoms in total. The smallest absolute Gasteiger partial charge is 0.365 e. The molecule has 2 amide bonds. The number of aromatic nitrogens is 2. The van der Waals surface area contributed by atoms with Crippen molar-refractivity contribution in [3.63, 3.8) is 0 Å². The van der Waals surface area contributed by atoms with Crippen LogP contribution in [0.15, 0.2) is 36.4 Å². The monoisotopic (exact) mass is 545 g/mol. The molecule has 0 unspecified atom stereocenters. The van der Waals surface area contributed by atoms with Crippen LogP contribution in [0, 0.1) is 12.7 Å². The Labute approximate surface area is 212 Å². The molecule has 0 aliphatic carbocycles. The van der Waals surface area contributed by atoms with E-state index in [1.807, 2.05) is 11.7 Å². The highest BCUT2D eigenvalue weighted by Gasteiger charge is 2.37. The number of carbonyl (C=O) groups excluding carboxylic acids is 2. The third kappa shape index (κ3) is 6.49. The number of fused-ring (bicyclic) bond motifs is 1. The summed E-state index contributed by atoms with van der Waals surface area (Å²) in [4.78, 5) is 24.0. The van der Waals surface area contributed by atoms with Crippen LogP contribution in [-0.4, -0.2) is 40.6 Å². The van der Waals surface area contributed by atoms with Gasteiger partial charge in [0, 0.05) is 24.3 Å². The predicted octanol–water partition coefficient (Wildman–Crippen LogP) is 4.83. The molecule has 2 heterocycles. The van der Waals surface area contributed by atoms with Crippen molar-refractivity contribution < 1.29 is 40.3 Å². The van der Waals surface area contributed by atoms with Crippen LogP contribution in [0.3, 0.4) is 0 Å². The van der Waals surface area contributed by atoms with E-state index in [1.165, 1.54) is 6.07 Å². The number of likely N-dealkylation sites (N-methyl/N-ethyl adjacent to an activating group) is 1. The molecule has 1 aliphatic rings. The van der Waals surface area contributed by atoms with Gasteiger partial charge in [-0.1, -0.05) is 0 Å². The zero-order valence-electron chi connectivity index (χ0n) is 20.0. The first-order valence-corrected chi connectivity index (χ1v) is 11.0. The zero-order chi connectivity index (χ0) is 28.4. The van der Waals surface area contributed by atoms with Gasteiger partial charge in [0.05, 0.1) is 28.9 Å². The number of aryl methyl sites for hydroxylation is 1. The third-order valence-electron chi connectivity index (χ3n) is 5.66. The molecule has 1 aliphatic heterocycles. The van der Waals surface area contributed by atoms with E-state index in [4.69, 9.17) is 5.73 Å². The summed E-state index contributed by atoms with van der Waals surface area (Å²) in [5.41, 5.74) is 5.07. The molecule has 0 spiro atoms. The van der Waals surface area contributed by atoms with E-state index >= 15 is 0 Å². The largest absolute Gasteiger partial charge is 0.416 e. The van der Waals surface area contributed by atoms with Crippen LogP contribution in [0.25, 0.3) is 11.3 Å². The lowest BCUT2D eigenvalue weighted by Gasteiger charge is -2.23. The van der Waals surface area contributed by atoms with E-state index in [1.54, 1.807) is 24.4 Å². The molecule has 1 aromatic heterocycles. The summed E-state index contributed by atoms with van der Waals surface area (Å²) < 4.78 is 89.0. The van der Waals surface area contributed by atoms with Crippen LogP contribution in [-0.2, 0) is 30.2 Å². The van der Waals surface area contributed by atoms with Crippen molar-refractivity contribution in [2.45, 2.75) is 32.4 Å². The van der Waals surface area contributed by atoms with Crippen molar-refractivity contribution >= 4 is 18.0 Å². The Morgan fingerprint density at radius 1 is 1.03 bits per heavy atom. The van der Waals surface area contributed by atoms with Crippen molar-refractivity contribution in [1.82, 2.24) is 14.7 Å². The summed E-state index contributed by atoms with van der Waals surface area (Å²) >= 11 is 0. The quantitative estimate of drug-likeness (QED) is 0.363. The second-order valence-electron chi connectivity index (χ2n) is 8.52. The topological polar surface area (TPSA) is 93.2 Å². The minimum absolute atomic E-state index is 0.00432. The van der Waals surface area contributed by atoms with Crippen molar-refractivity contribution in [3.8, 4) is 11.3 Å². The number of alkyl halides is 6. The highest BCUT2D eigenvalue weighted by Crippen LogP contribution is 2.37. The molecule has 3 N–H and O–H groups in total. The molecule has 3 aromatic rings. The van der Waals surface area contributed by atoms with Gasteiger partial charge in [0.15, 0.2) is 0 Å². The number of hydrogen-bond acceptors (Lipinski definition) is 4. The Morgan fingerprint density at radius 3 is 2.13 bits per heavy atom. The van der Waals surface area contributed by atoms with Gasteiger partial charge in [0.1, 0.15) is 11.5 Å². The van der Waals surface area contributed by atoms with E-state index in [2.05, 4.69) is 10.00 Å². The highest BCUT2D eigenvalue weighted by molar-refractivity contribution is 6.00.